The van der Waals surface area contributed by atoms with Crippen molar-refractivity contribution >= 4 is 11.7 Å². The molecule has 0 spiro atoms. The van der Waals surface area contributed by atoms with Gasteiger partial charge in [-0.15, -0.1) is 0 Å². The third-order valence-corrected chi connectivity index (χ3v) is 3.96. The lowest BCUT2D eigenvalue weighted by atomic mass is 10.1. The summed E-state index contributed by atoms with van der Waals surface area (Å²) in [6.07, 6.45) is 1.80. The van der Waals surface area contributed by atoms with Gasteiger partial charge in [0.15, 0.2) is 0 Å². The zero-order valence-corrected chi connectivity index (χ0v) is 11.9. The highest BCUT2D eigenvalue weighted by molar-refractivity contribution is 6.42. The Morgan fingerprint density at radius 2 is 1.76 bits per heavy atom. The molecule has 1 atom stereocenters. The zero-order valence-electron chi connectivity index (χ0n) is 11.9. The lowest BCUT2D eigenvalue weighted by Crippen LogP contribution is -2.33. The smallest absolute Gasteiger partial charge is 0.292 e. The molecule has 0 radical (unpaired) electrons. The van der Waals surface area contributed by atoms with Crippen LogP contribution in [0.25, 0.3) is 0 Å². The minimum Gasteiger partial charge on any atom is -0.342 e. The number of carbonyl (C=O) groups is 2. The van der Waals surface area contributed by atoms with Crippen molar-refractivity contribution in [3.63, 3.8) is 0 Å². The van der Waals surface area contributed by atoms with Gasteiger partial charge in [0.1, 0.15) is 0 Å². The fraction of sp³-hybridized carbons (Fsp3) is 0.222. The molecule has 106 valence electrons. The van der Waals surface area contributed by atoms with Crippen LogP contribution >= 0.6 is 0 Å². The molecule has 0 saturated carbocycles. The van der Waals surface area contributed by atoms with Crippen LogP contribution in [0.5, 0.6) is 0 Å². The number of hydrogen-bond acceptors (Lipinski definition) is 2. The Labute approximate surface area is 124 Å². The molecule has 0 aromatic heterocycles. The molecule has 3 heteroatoms. The van der Waals surface area contributed by atoms with Gasteiger partial charge >= 0.3 is 0 Å². The van der Waals surface area contributed by atoms with E-state index in [1.165, 1.54) is 5.56 Å². The van der Waals surface area contributed by atoms with E-state index in [2.05, 4.69) is 11.4 Å². The Bertz CT molecular complexity index is 689. The highest BCUT2D eigenvalue weighted by atomic mass is 16.2. The average molecular weight is 279 g/mol. The molecule has 0 bridgehead atoms. The molecule has 0 aliphatic heterocycles. The number of amides is 1. The molecule has 0 heterocycles. The minimum absolute atomic E-state index is 0.0527. The first-order chi connectivity index (χ1) is 10.1. The van der Waals surface area contributed by atoms with E-state index >= 15 is 0 Å². The van der Waals surface area contributed by atoms with Gasteiger partial charge in [0, 0.05) is 5.56 Å². The Hall–Kier alpha value is -2.42. The molecule has 3 nitrogen and oxygen atoms in total. The number of ketones is 1. The van der Waals surface area contributed by atoms with Crippen molar-refractivity contribution in [3.8, 4) is 0 Å². The van der Waals surface area contributed by atoms with Gasteiger partial charge in [-0.2, -0.15) is 0 Å². The molecular formula is C18H17NO2. The third-order valence-electron chi connectivity index (χ3n) is 3.96. The highest BCUT2D eigenvalue weighted by Crippen LogP contribution is 2.30. The normalized spacial score (nSPS) is 16.3. The zero-order chi connectivity index (χ0) is 14.8. The van der Waals surface area contributed by atoms with E-state index in [0.29, 0.717) is 5.56 Å². The fourth-order valence-corrected chi connectivity index (χ4v) is 2.77. The van der Waals surface area contributed by atoms with Crippen molar-refractivity contribution in [1.29, 1.82) is 0 Å². The van der Waals surface area contributed by atoms with Crippen LogP contribution in [0.2, 0.25) is 0 Å². The molecule has 21 heavy (non-hydrogen) atoms. The molecule has 1 amide bonds. The van der Waals surface area contributed by atoms with Crippen molar-refractivity contribution in [2.75, 3.05) is 0 Å². The molecule has 1 unspecified atom stereocenters. The van der Waals surface area contributed by atoms with Gasteiger partial charge in [0.25, 0.3) is 5.91 Å². The maximum atomic E-state index is 12.1. The van der Waals surface area contributed by atoms with Crippen molar-refractivity contribution in [2.24, 2.45) is 0 Å². The van der Waals surface area contributed by atoms with Crippen molar-refractivity contribution in [1.82, 2.24) is 5.32 Å². The summed E-state index contributed by atoms with van der Waals surface area (Å²) in [6.45, 7) is 1.95. The number of fused-ring (bicyclic) bond motifs is 1. The molecule has 1 aliphatic carbocycles. The topological polar surface area (TPSA) is 46.2 Å². The Balaban J connectivity index is 1.73. The van der Waals surface area contributed by atoms with Crippen LogP contribution in [0.3, 0.4) is 0 Å². The summed E-state index contributed by atoms with van der Waals surface area (Å²) in [4.78, 5) is 24.3. The average Bonchev–Trinajstić information content (AvgIpc) is 2.91. The lowest BCUT2D eigenvalue weighted by molar-refractivity contribution is -0.117. The van der Waals surface area contributed by atoms with E-state index in [1.54, 1.807) is 12.1 Å². The summed E-state index contributed by atoms with van der Waals surface area (Å²) < 4.78 is 0. The second-order valence-corrected chi connectivity index (χ2v) is 5.46. The van der Waals surface area contributed by atoms with Gasteiger partial charge in [-0.25, -0.2) is 0 Å². The maximum Gasteiger partial charge on any atom is 0.292 e. The number of rotatable bonds is 3. The van der Waals surface area contributed by atoms with Crippen molar-refractivity contribution in [3.05, 3.63) is 70.8 Å². The summed E-state index contributed by atoms with van der Waals surface area (Å²) in [7, 11) is 0. The van der Waals surface area contributed by atoms with Crippen LogP contribution in [0.4, 0.5) is 0 Å². The largest absolute Gasteiger partial charge is 0.342 e. The molecule has 1 aliphatic rings. The van der Waals surface area contributed by atoms with Crippen LogP contribution in [0, 0.1) is 6.92 Å². The molecule has 1 N–H and O–H groups in total. The number of carbonyl (C=O) groups excluding carboxylic acids is 2. The van der Waals surface area contributed by atoms with Crippen LogP contribution in [-0.2, 0) is 11.2 Å². The number of hydrogen-bond donors (Lipinski definition) is 1. The van der Waals surface area contributed by atoms with E-state index in [4.69, 9.17) is 0 Å². The minimum atomic E-state index is -0.527. The monoisotopic (exact) mass is 279 g/mol. The SMILES string of the molecule is Cc1ccc(C(=O)C(=O)NC2CCc3ccccc32)cc1. The van der Waals surface area contributed by atoms with Crippen LogP contribution in [-0.4, -0.2) is 11.7 Å². The first-order valence-electron chi connectivity index (χ1n) is 7.15. The summed E-state index contributed by atoms with van der Waals surface area (Å²) in [5.74, 6) is -1.00. The lowest BCUT2D eigenvalue weighted by Gasteiger charge is -2.13. The van der Waals surface area contributed by atoms with E-state index in [9.17, 15) is 9.59 Å². The predicted octanol–water partition coefficient (Wildman–Crippen LogP) is 2.98. The predicted molar refractivity (Wildman–Crippen MR) is 81.2 cm³/mol. The Morgan fingerprint density at radius 1 is 1.05 bits per heavy atom. The van der Waals surface area contributed by atoms with Crippen LogP contribution in [0.1, 0.15) is 39.5 Å². The molecule has 0 fully saturated rings. The van der Waals surface area contributed by atoms with E-state index < -0.39 is 11.7 Å². The fourth-order valence-electron chi connectivity index (χ4n) is 2.77. The highest BCUT2D eigenvalue weighted by Gasteiger charge is 2.26. The third kappa shape index (κ3) is 2.72. The number of aryl methyl sites for hydroxylation is 2. The first-order valence-corrected chi connectivity index (χ1v) is 7.15. The van der Waals surface area contributed by atoms with E-state index in [-0.39, 0.29) is 6.04 Å². The van der Waals surface area contributed by atoms with Crippen molar-refractivity contribution < 1.29 is 9.59 Å². The second kappa shape index (κ2) is 5.52. The summed E-state index contributed by atoms with van der Waals surface area (Å²) >= 11 is 0. The standard InChI is InChI=1S/C18H17NO2/c1-12-6-8-14(9-7-12)17(20)18(21)19-16-11-10-13-4-2-3-5-15(13)16/h2-9,16H,10-11H2,1H3,(H,19,21). The molecule has 0 saturated heterocycles. The Morgan fingerprint density at radius 3 is 2.52 bits per heavy atom. The van der Waals surface area contributed by atoms with Gasteiger partial charge in [-0.1, -0.05) is 54.1 Å². The van der Waals surface area contributed by atoms with Gasteiger partial charge in [0.05, 0.1) is 6.04 Å². The van der Waals surface area contributed by atoms with Gasteiger partial charge in [-0.3, -0.25) is 9.59 Å². The first kappa shape index (κ1) is 13.6. The number of benzene rings is 2. The Kier molecular flexibility index (Phi) is 3.57. The van der Waals surface area contributed by atoms with Gasteiger partial charge < -0.3 is 5.32 Å². The summed E-state index contributed by atoms with van der Waals surface area (Å²) in [6, 6.07) is 15.1. The van der Waals surface area contributed by atoms with E-state index in [1.807, 2.05) is 37.3 Å². The van der Waals surface area contributed by atoms with Crippen molar-refractivity contribution in [2.45, 2.75) is 25.8 Å². The molecular weight excluding hydrogens is 262 g/mol. The number of nitrogens with one attached hydrogen (secondary N) is 1. The second-order valence-electron chi connectivity index (χ2n) is 5.46. The summed E-state index contributed by atoms with van der Waals surface area (Å²) in [5, 5.41) is 2.86. The quantitative estimate of drug-likeness (QED) is 0.693. The van der Waals surface area contributed by atoms with Gasteiger partial charge in [-0.05, 0) is 30.9 Å². The summed E-state index contributed by atoms with van der Waals surface area (Å²) in [5.41, 5.74) is 3.88. The number of Topliss-reactive ketones (excluding diaryl/α,β-unsaturated/α-hetero) is 1. The van der Waals surface area contributed by atoms with E-state index in [0.717, 1.165) is 24.0 Å². The van der Waals surface area contributed by atoms with Crippen LogP contribution in [0.15, 0.2) is 48.5 Å². The van der Waals surface area contributed by atoms with Crippen LogP contribution < -0.4 is 5.32 Å². The molecule has 2 aromatic carbocycles. The van der Waals surface area contributed by atoms with Gasteiger partial charge in [0.2, 0.25) is 5.78 Å². The molecule has 3 rings (SSSR count). The molecule has 2 aromatic rings. The maximum absolute atomic E-state index is 12.1.